The number of aromatic nitrogens is 4. The van der Waals surface area contributed by atoms with Gasteiger partial charge in [-0.1, -0.05) is 11.6 Å². The number of anilines is 1. The lowest BCUT2D eigenvalue weighted by molar-refractivity contribution is 0.0574. The van der Waals surface area contributed by atoms with Crippen molar-refractivity contribution in [1.82, 2.24) is 19.6 Å². The fourth-order valence-electron chi connectivity index (χ4n) is 4.84. The molecule has 0 radical (unpaired) electrons. The first kappa shape index (κ1) is 24.4. The third kappa shape index (κ3) is 4.09. The van der Waals surface area contributed by atoms with E-state index in [0.29, 0.717) is 62.5 Å². The molecule has 0 unspecified atom stereocenters. The van der Waals surface area contributed by atoms with Crippen LogP contribution in [0.3, 0.4) is 0 Å². The van der Waals surface area contributed by atoms with Gasteiger partial charge in [0.15, 0.2) is 17.2 Å². The lowest BCUT2D eigenvalue weighted by atomic mass is 9.95. The van der Waals surface area contributed by atoms with Crippen LogP contribution in [0.15, 0.2) is 36.8 Å². The van der Waals surface area contributed by atoms with Crippen LogP contribution in [0, 0.1) is 12.7 Å². The minimum Gasteiger partial charge on any atom is -0.493 e. The number of pyridine rings is 2. The maximum absolute atomic E-state index is 15.3. The van der Waals surface area contributed by atoms with E-state index in [-0.39, 0.29) is 19.1 Å². The first-order chi connectivity index (χ1) is 18.1. The molecule has 1 amide bonds. The molecular weight excluding hydrogens is 513 g/mol. The fraction of sp³-hybridized carbons (Fsp3) is 0.333. The van der Waals surface area contributed by atoms with E-state index in [4.69, 9.17) is 25.8 Å². The van der Waals surface area contributed by atoms with Gasteiger partial charge in [0, 0.05) is 28.5 Å². The van der Waals surface area contributed by atoms with Crippen LogP contribution in [0.4, 0.5) is 15.0 Å². The zero-order valence-corrected chi connectivity index (χ0v) is 22.0. The van der Waals surface area contributed by atoms with Crippen LogP contribution in [0.25, 0.3) is 16.8 Å². The van der Waals surface area contributed by atoms with Crippen molar-refractivity contribution in [2.75, 3.05) is 18.1 Å². The molecule has 3 aromatic heterocycles. The Balaban J connectivity index is 1.60. The number of hydrogen-bond acceptors (Lipinski definition) is 7. The lowest BCUT2D eigenvalue weighted by Gasteiger charge is -2.29. The van der Waals surface area contributed by atoms with E-state index in [1.54, 1.807) is 49.6 Å². The number of amides is 1. The molecule has 11 heteroatoms. The highest BCUT2D eigenvalue weighted by atomic mass is 35.5. The van der Waals surface area contributed by atoms with Gasteiger partial charge < -0.3 is 14.2 Å². The van der Waals surface area contributed by atoms with E-state index in [1.807, 2.05) is 6.92 Å². The van der Waals surface area contributed by atoms with E-state index < -0.39 is 17.5 Å². The maximum Gasteiger partial charge on any atom is 0.416 e. The minimum absolute atomic E-state index is 0.106. The van der Waals surface area contributed by atoms with E-state index >= 15 is 4.39 Å². The molecule has 4 aromatic rings. The molecule has 9 nitrogen and oxygen atoms in total. The van der Waals surface area contributed by atoms with Crippen LogP contribution in [0.2, 0.25) is 5.02 Å². The molecule has 38 heavy (non-hydrogen) atoms. The highest BCUT2D eigenvalue weighted by molar-refractivity contribution is 6.31. The number of hydrogen-bond donors (Lipinski definition) is 0. The van der Waals surface area contributed by atoms with Gasteiger partial charge in [-0.05, 0) is 52.0 Å². The van der Waals surface area contributed by atoms with Gasteiger partial charge in [-0.25, -0.2) is 9.18 Å². The predicted molar refractivity (Wildman–Crippen MR) is 139 cm³/mol. The summed E-state index contributed by atoms with van der Waals surface area (Å²) in [5.41, 5.74) is 2.76. The first-order valence-electron chi connectivity index (χ1n) is 12.2. The van der Waals surface area contributed by atoms with E-state index in [0.717, 1.165) is 0 Å². The molecule has 5 heterocycles. The van der Waals surface area contributed by atoms with Crippen molar-refractivity contribution in [3.8, 4) is 22.6 Å². The van der Waals surface area contributed by atoms with Gasteiger partial charge in [-0.15, -0.1) is 10.2 Å². The van der Waals surface area contributed by atoms with E-state index in [9.17, 15) is 4.79 Å². The van der Waals surface area contributed by atoms with E-state index in [2.05, 4.69) is 15.2 Å². The topological polar surface area (TPSA) is 91.1 Å². The molecule has 6 rings (SSSR count). The summed E-state index contributed by atoms with van der Waals surface area (Å²) in [5.74, 6) is 0.620. The standard InChI is InChI=1S/C27H25ClFN5O4/c1-14-19(28)7-15(9-30-14)17-8-22-25(34-13-31-32-24(17)34)33(26(35)38-27(2,3)4)10-18-20(29)5-6-21-23(18)16(11-36-21)12-37-22/h5-9,13,16H,10-12H2,1-4H3/t16-/m1/s1. The Hall–Kier alpha value is -3.92. The van der Waals surface area contributed by atoms with Crippen LogP contribution in [0.1, 0.15) is 43.5 Å². The molecule has 0 N–H and O–H groups in total. The molecule has 0 aliphatic carbocycles. The third-order valence-electron chi connectivity index (χ3n) is 6.58. The highest BCUT2D eigenvalue weighted by Crippen LogP contribution is 2.44. The molecule has 1 atom stereocenters. The summed E-state index contributed by atoms with van der Waals surface area (Å²) in [6.45, 7) is 7.58. The molecule has 1 aromatic carbocycles. The number of halogens is 2. The summed E-state index contributed by atoms with van der Waals surface area (Å²) in [7, 11) is 0. The predicted octanol–water partition coefficient (Wildman–Crippen LogP) is 5.70. The molecular formula is C27H25ClFN5O4. The number of aryl methyl sites for hydroxylation is 1. The number of rotatable bonds is 1. The van der Waals surface area contributed by atoms with Crippen LogP contribution in [-0.4, -0.2) is 44.5 Å². The quantitative estimate of drug-likeness (QED) is 0.307. The Morgan fingerprint density at radius 2 is 1.95 bits per heavy atom. The zero-order chi connectivity index (χ0) is 26.8. The number of carbonyl (C=O) groups is 1. The Kier molecular flexibility index (Phi) is 5.68. The third-order valence-corrected chi connectivity index (χ3v) is 6.97. The Labute approximate surface area is 223 Å². The SMILES string of the molecule is Cc1ncc(-c2cc3c(n4cnnc24)N(C(=O)OC(C)(C)C)Cc2c(F)ccc4c2[C@H](CO4)CO3)cc1Cl. The molecule has 0 spiro atoms. The van der Waals surface area contributed by atoms with Crippen LogP contribution < -0.4 is 14.4 Å². The summed E-state index contributed by atoms with van der Waals surface area (Å²) in [6, 6.07) is 6.54. The molecule has 2 aliphatic rings. The zero-order valence-electron chi connectivity index (χ0n) is 21.3. The second-order valence-corrected chi connectivity index (χ2v) is 10.8. The van der Waals surface area contributed by atoms with E-state index in [1.165, 1.54) is 17.3 Å². The van der Waals surface area contributed by atoms with Gasteiger partial charge in [-0.2, -0.15) is 0 Å². The van der Waals surface area contributed by atoms with Gasteiger partial charge in [0.05, 0.1) is 36.4 Å². The second-order valence-electron chi connectivity index (χ2n) is 10.4. The van der Waals surface area contributed by atoms with Crippen molar-refractivity contribution in [2.45, 2.75) is 45.8 Å². The van der Waals surface area contributed by atoms with Gasteiger partial charge in [0.1, 0.15) is 23.5 Å². The molecule has 0 saturated heterocycles. The summed E-state index contributed by atoms with van der Waals surface area (Å²) in [6.07, 6.45) is 2.51. The fourth-order valence-corrected chi connectivity index (χ4v) is 5.00. The van der Waals surface area contributed by atoms with Crippen molar-refractivity contribution >= 4 is 29.2 Å². The summed E-state index contributed by atoms with van der Waals surface area (Å²) >= 11 is 6.38. The Morgan fingerprint density at radius 1 is 1.18 bits per heavy atom. The largest absolute Gasteiger partial charge is 0.493 e. The maximum atomic E-state index is 15.3. The smallest absolute Gasteiger partial charge is 0.416 e. The van der Waals surface area contributed by atoms with Crippen molar-refractivity contribution in [3.63, 3.8) is 0 Å². The number of fused-ring (bicyclic) bond motifs is 3. The van der Waals surface area contributed by atoms with Crippen molar-refractivity contribution in [2.24, 2.45) is 0 Å². The van der Waals surface area contributed by atoms with Crippen molar-refractivity contribution in [1.29, 1.82) is 0 Å². The lowest BCUT2D eigenvalue weighted by Crippen LogP contribution is -2.38. The summed E-state index contributed by atoms with van der Waals surface area (Å²) in [5, 5.41) is 8.93. The number of ether oxygens (including phenoxy) is 3. The molecule has 0 fully saturated rings. The molecule has 0 bridgehead atoms. The average molecular weight is 538 g/mol. The van der Waals surface area contributed by atoms with Gasteiger partial charge in [0.2, 0.25) is 0 Å². The normalized spacial score (nSPS) is 16.6. The summed E-state index contributed by atoms with van der Waals surface area (Å²) in [4.78, 5) is 19.4. The van der Waals surface area contributed by atoms with Gasteiger partial charge >= 0.3 is 6.09 Å². The first-order valence-corrected chi connectivity index (χ1v) is 12.5. The van der Waals surface area contributed by atoms with Crippen LogP contribution in [-0.2, 0) is 11.3 Å². The number of benzene rings is 1. The molecule has 2 aliphatic heterocycles. The monoisotopic (exact) mass is 537 g/mol. The number of carbonyl (C=O) groups excluding carboxylic acids is 1. The van der Waals surface area contributed by atoms with Crippen molar-refractivity contribution in [3.05, 3.63) is 64.5 Å². The number of nitrogens with zero attached hydrogens (tertiary/aromatic N) is 5. The minimum atomic E-state index is -0.796. The molecule has 0 saturated carbocycles. The van der Waals surface area contributed by atoms with Crippen LogP contribution >= 0.6 is 11.6 Å². The summed E-state index contributed by atoms with van der Waals surface area (Å²) < 4.78 is 34.9. The average Bonchev–Trinajstić information content (AvgIpc) is 3.50. The highest BCUT2D eigenvalue weighted by Gasteiger charge is 2.37. The van der Waals surface area contributed by atoms with Crippen molar-refractivity contribution < 1.29 is 23.4 Å². The Morgan fingerprint density at radius 3 is 2.68 bits per heavy atom. The van der Waals surface area contributed by atoms with Crippen LogP contribution in [0.5, 0.6) is 11.5 Å². The second kappa shape index (κ2) is 8.83. The van der Waals surface area contributed by atoms with Gasteiger partial charge in [-0.3, -0.25) is 14.3 Å². The van der Waals surface area contributed by atoms with Gasteiger partial charge in [0.25, 0.3) is 0 Å². The Bertz CT molecular complexity index is 1600. The molecule has 196 valence electrons.